The van der Waals surface area contributed by atoms with Crippen LogP contribution in [0.25, 0.3) is 0 Å². The van der Waals surface area contributed by atoms with Gasteiger partial charge in [0.1, 0.15) is 6.04 Å². The number of hydrogen-bond acceptors (Lipinski definition) is 3. The standard InChI is InChI=1S/C12H22N2O3/c1-3-4-5-11(12(16)17)14-8-6-13(7-9-14)10(2)15/h11H,3-9H2,1-2H3,(H,16,17). The average Bonchev–Trinajstić information content (AvgIpc) is 2.29. The first kappa shape index (κ1) is 14.0. The van der Waals surface area contributed by atoms with Crippen molar-refractivity contribution in [3.8, 4) is 0 Å². The van der Waals surface area contributed by atoms with Crippen LogP contribution in [0.4, 0.5) is 0 Å². The van der Waals surface area contributed by atoms with E-state index in [1.54, 1.807) is 11.8 Å². The molecule has 1 rings (SSSR count). The van der Waals surface area contributed by atoms with Crippen LogP contribution >= 0.6 is 0 Å². The van der Waals surface area contributed by atoms with Crippen LogP contribution in [0.2, 0.25) is 0 Å². The van der Waals surface area contributed by atoms with Crippen LogP contribution in [0.15, 0.2) is 0 Å². The molecule has 5 heteroatoms. The summed E-state index contributed by atoms with van der Waals surface area (Å²) in [7, 11) is 0. The van der Waals surface area contributed by atoms with Crippen molar-refractivity contribution in [2.24, 2.45) is 0 Å². The lowest BCUT2D eigenvalue weighted by molar-refractivity contribution is -0.145. The van der Waals surface area contributed by atoms with Crippen molar-refractivity contribution >= 4 is 11.9 Å². The van der Waals surface area contributed by atoms with Gasteiger partial charge in [-0.05, 0) is 6.42 Å². The number of piperazine rings is 1. The molecule has 0 bridgehead atoms. The van der Waals surface area contributed by atoms with E-state index in [0.29, 0.717) is 32.6 Å². The maximum absolute atomic E-state index is 11.2. The topological polar surface area (TPSA) is 60.9 Å². The average molecular weight is 242 g/mol. The van der Waals surface area contributed by atoms with Crippen LogP contribution in [0.1, 0.15) is 33.1 Å². The van der Waals surface area contributed by atoms with Crippen LogP contribution in [-0.2, 0) is 9.59 Å². The number of aliphatic carboxylic acids is 1. The summed E-state index contributed by atoms with van der Waals surface area (Å²) in [6.45, 7) is 6.24. The normalized spacial score (nSPS) is 19.1. The lowest BCUT2D eigenvalue weighted by Gasteiger charge is -2.37. The Morgan fingerprint density at radius 1 is 1.24 bits per heavy atom. The van der Waals surface area contributed by atoms with Gasteiger partial charge < -0.3 is 10.0 Å². The number of amides is 1. The number of carbonyl (C=O) groups is 2. The molecule has 0 aliphatic carbocycles. The first-order valence-corrected chi connectivity index (χ1v) is 6.28. The summed E-state index contributed by atoms with van der Waals surface area (Å²) in [5, 5.41) is 9.21. The summed E-state index contributed by atoms with van der Waals surface area (Å²) in [5.74, 6) is -0.667. The fraction of sp³-hybridized carbons (Fsp3) is 0.833. The van der Waals surface area contributed by atoms with E-state index >= 15 is 0 Å². The van der Waals surface area contributed by atoms with Gasteiger partial charge in [0.2, 0.25) is 5.91 Å². The van der Waals surface area contributed by atoms with E-state index in [0.717, 1.165) is 12.8 Å². The summed E-state index contributed by atoms with van der Waals surface area (Å²) in [6.07, 6.45) is 2.65. The Morgan fingerprint density at radius 3 is 2.24 bits per heavy atom. The molecule has 17 heavy (non-hydrogen) atoms. The Labute approximate surface area is 102 Å². The molecule has 0 radical (unpaired) electrons. The minimum Gasteiger partial charge on any atom is -0.480 e. The lowest BCUT2D eigenvalue weighted by atomic mass is 10.1. The predicted octanol–water partition coefficient (Wildman–Crippen LogP) is 0.794. The molecule has 1 aliphatic heterocycles. The molecule has 0 spiro atoms. The van der Waals surface area contributed by atoms with Gasteiger partial charge in [-0.15, -0.1) is 0 Å². The van der Waals surface area contributed by atoms with Crippen LogP contribution < -0.4 is 0 Å². The highest BCUT2D eigenvalue weighted by atomic mass is 16.4. The van der Waals surface area contributed by atoms with Crippen molar-refractivity contribution in [2.75, 3.05) is 26.2 Å². The third-order valence-corrected chi connectivity index (χ3v) is 3.32. The number of rotatable bonds is 5. The van der Waals surface area contributed by atoms with Gasteiger partial charge in [0.15, 0.2) is 0 Å². The van der Waals surface area contributed by atoms with E-state index < -0.39 is 5.97 Å². The van der Waals surface area contributed by atoms with Gasteiger partial charge in [0, 0.05) is 33.1 Å². The zero-order valence-electron chi connectivity index (χ0n) is 10.7. The summed E-state index contributed by atoms with van der Waals surface area (Å²) in [6, 6.07) is -0.385. The molecule has 1 unspecified atom stereocenters. The van der Waals surface area contributed by atoms with Gasteiger partial charge >= 0.3 is 5.97 Å². The third-order valence-electron chi connectivity index (χ3n) is 3.32. The molecule has 0 aromatic heterocycles. The third kappa shape index (κ3) is 4.00. The van der Waals surface area contributed by atoms with Gasteiger partial charge in [0.25, 0.3) is 0 Å². The van der Waals surface area contributed by atoms with Crippen LogP contribution in [0.5, 0.6) is 0 Å². The van der Waals surface area contributed by atoms with Crippen molar-refractivity contribution in [1.82, 2.24) is 9.80 Å². The molecule has 0 aromatic rings. The number of unbranched alkanes of at least 4 members (excludes halogenated alkanes) is 1. The molecule has 1 N–H and O–H groups in total. The van der Waals surface area contributed by atoms with E-state index in [4.69, 9.17) is 0 Å². The van der Waals surface area contributed by atoms with Crippen LogP contribution in [-0.4, -0.2) is 59.0 Å². The van der Waals surface area contributed by atoms with Gasteiger partial charge in [0.05, 0.1) is 0 Å². The van der Waals surface area contributed by atoms with Crippen LogP contribution in [0.3, 0.4) is 0 Å². The first-order valence-electron chi connectivity index (χ1n) is 6.28. The first-order chi connectivity index (χ1) is 8.06. The van der Waals surface area contributed by atoms with Gasteiger partial charge in [-0.2, -0.15) is 0 Å². The fourth-order valence-electron chi connectivity index (χ4n) is 2.21. The molecule has 1 atom stereocenters. The maximum atomic E-state index is 11.2. The Balaban J connectivity index is 2.48. The highest BCUT2D eigenvalue weighted by molar-refractivity contribution is 5.74. The zero-order valence-corrected chi connectivity index (χ0v) is 10.7. The number of nitrogens with zero attached hydrogens (tertiary/aromatic N) is 2. The molecule has 5 nitrogen and oxygen atoms in total. The predicted molar refractivity (Wildman–Crippen MR) is 64.8 cm³/mol. The smallest absolute Gasteiger partial charge is 0.320 e. The van der Waals surface area contributed by atoms with Crippen molar-refractivity contribution in [3.05, 3.63) is 0 Å². The Bertz CT molecular complexity index is 273. The van der Waals surface area contributed by atoms with Crippen molar-refractivity contribution in [3.63, 3.8) is 0 Å². The summed E-state index contributed by atoms with van der Waals surface area (Å²) in [5.41, 5.74) is 0. The molecular formula is C12H22N2O3. The molecule has 1 heterocycles. The number of hydrogen-bond donors (Lipinski definition) is 1. The second-order valence-corrected chi connectivity index (χ2v) is 4.54. The molecule has 1 amide bonds. The second kappa shape index (κ2) is 6.59. The van der Waals surface area contributed by atoms with E-state index in [9.17, 15) is 14.7 Å². The molecule has 98 valence electrons. The van der Waals surface area contributed by atoms with Gasteiger partial charge in [-0.25, -0.2) is 0 Å². The van der Waals surface area contributed by atoms with Crippen molar-refractivity contribution in [1.29, 1.82) is 0 Å². The Morgan fingerprint density at radius 2 is 1.82 bits per heavy atom. The summed E-state index contributed by atoms with van der Waals surface area (Å²) < 4.78 is 0. The molecule has 1 saturated heterocycles. The zero-order chi connectivity index (χ0) is 12.8. The monoisotopic (exact) mass is 242 g/mol. The Kier molecular flexibility index (Phi) is 5.41. The van der Waals surface area contributed by atoms with Gasteiger partial charge in [-0.3, -0.25) is 14.5 Å². The van der Waals surface area contributed by atoms with E-state index in [1.165, 1.54) is 0 Å². The lowest BCUT2D eigenvalue weighted by Crippen LogP contribution is -2.53. The Hall–Kier alpha value is -1.10. The van der Waals surface area contributed by atoms with Crippen LogP contribution in [0, 0.1) is 0 Å². The fourth-order valence-corrected chi connectivity index (χ4v) is 2.21. The SMILES string of the molecule is CCCCC(C(=O)O)N1CCN(C(C)=O)CC1. The largest absolute Gasteiger partial charge is 0.480 e. The van der Waals surface area contributed by atoms with E-state index in [2.05, 4.69) is 6.92 Å². The summed E-state index contributed by atoms with van der Waals surface area (Å²) in [4.78, 5) is 26.1. The molecule has 1 aliphatic rings. The van der Waals surface area contributed by atoms with Crippen molar-refractivity contribution in [2.45, 2.75) is 39.2 Å². The minimum absolute atomic E-state index is 0.0742. The number of carboxylic acid groups (broad SMARTS) is 1. The highest BCUT2D eigenvalue weighted by Gasteiger charge is 2.28. The second-order valence-electron chi connectivity index (χ2n) is 4.54. The number of carboxylic acids is 1. The minimum atomic E-state index is -0.741. The quantitative estimate of drug-likeness (QED) is 0.774. The molecule has 0 saturated carbocycles. The molecular weight excluding hydrogens is 220 g/mol. The molecule has 0 aromatic carbocycles. The maximum Gasteiger partial charge on any atom is 0.320 e. The van der Waals surface area contributed by atoms with Crippen molar-refractivity contribution < 1.29 is 14.7 Å². The van der Waals surface area contributed by atoms with E-state index in [1.807, 2.05) is 4.90 Å². The van der Waals surface area contributed by atoms with Gasteiger partial charge in [-0.1, -0.05) is 19.8 Å². The number of carbonyl (C=O) groups excluding carboxylic acids is 1. The highest BCUT2D eigenvalue weighted by Crippen LogP contribution is 2.12. The summed E-state index contributed by atoms with van der Waals surface area (Å²) >= 11 is 0. The molecule has 1 fully saturated rings. The van der Waals surface area contributed by atoms with E-state index in [-0.39, 0.29) is 11.9 Å².